The Morgan fingerprint density at radius 2 is 1.19 bits per heavy atom. The molecular weight excluding hydrogens is 254 g/mol. The van der Waals surface area contributed by atoms with Crippen molar-refractivity contribution in [3.63, 3.8) is 0 Å². The van der Waals surface area contributed by atoms with Gasteiger partial charge >= 0.3 is 0 Å². The summed E-state index contributed by atoms with van der Waals surface area (Å²) < 4.78 is 0. The SMILES string of the molecule is CNC(c1cc(C)c(C)cc1C)c1c(C)cc(C)cc1C. The van der Waals surface area contributed by atoms with Gasteiger partial charge in [0, 0.05) is 0 Å². The molecule has 2 rings (SSSR count). The molecular formula is C20H27N. The van der Waals surface area contributed by atoms with Gasteiger partial charge in [0.1, 0.15) is 0 Å². The summed E-state index contributed by atoms with van der Waals surface area (Å²) in [6, 6.07) is 9.45. The standard InChI is InChI=1S/C20H27N/c1-12-8-16(5)19(17(6)9-12)20(21-7)18-11-14(3)13(2)10-15(18)4/h8-11,20-21H,1-7H3. The molecule has 21 heavy (non-hydrogen) atoms. The van der Waals surface area contributed by atoms with Crippen LogP contribution in [-0.2, 0) is 0 Å². The van der Waals surface area contributed by atoms with Crippen molar-refractivity contribution in [2.75, 3.05) is 7.05 Å². The average Bonchev–Trinajstić information content (AvgIpc) is 2.38. The van der Waals surface area contributed by atoms with Gasteiger partial charge in [0.05, 0.1) is 6.04 Å². The second kappa shape index (κ2) is 6.03. The van der Waals surface area contributed by atoms with Gasteiger partial charge in [-0.05, 0) is 87.5 Å². The van der Waals surface area contributed by atoms with Crippen LogP contribution in [0.3, 0.4) is 0 Å². The van der Waals surface area contributed by atoms with E-state index in [0.29, 0.717) is 0 Å². The molecule has 0 saturated carbocycles. The minimum absolute atomic E-state index is 0.255. The minimum atomic E-state index is 0.255. The number of aryl methyl sites for hydroxylation is 6. The normalized spacial score (nSPS) is 12.5. The van der Waals surface area contributed by atoms with E-state index in [9.17, 15) is 0 Å². The van der Waals surface area contributed by atoms with Crippen molar-refractivity contribution in [2.24, 2.45) is 0 Å². The van der Waals surface area contributed by atoms with Crippen molar-refractivity contribution in [1.29, 1.82) is 0 Å². The molecule has 0 heterocycles. The molecule has 1 nitrogen and oxygen atoms in total. The quantitative estimate of drug-likeness (QED) is 0.848. The third kappa shape index (κ3) is 3.03. The van der Waals surface area contributed by atoms with Crippen LogP contribution in [0.1, 0.15) is 50.5 Å². The molecule has 2 aromatic carbocycles. The van der Waals surface area contributed by atoms with E-state index < -0.39 is 0 Å². The molecule has 2 aromatic rings. The second-order valence-electron chi connectivity index (χ2n) is 6.33. The largest absolute Gasteiger partial charge is 0.309 e. The molecule has 0 spiro atoms. The Morgan fingerprint density at radius 1 is 0.667 bits per heavy atom. The maximum Gasteiger partial charge on any atom is 0.0582 e. The van der Waals surface area contributed by atoms with Crippen molar-refractivity contribution in [3.05, 3.63) is 68.8 Å². The zero-order valence-electron chi connectivity index (χ0n) is 14.4. The summed E-state index contributed by atoms with van der Waals surface area (Å²) in [5.41, 5.74) is 10.9. The summed E-state index contributed by atoms with van der Waals surface area (Å²) in [4.78, 5) is 0. The maximum atomic E-state index is 3.52. The molecule has 112 valence electrons. The van der Waals surface area contributed by atoms with E-state index in [1.807, 2.05) is 0 Å². The summed E-state index contributed by atoms with van der Waals surface area (Å²) in [5, 5.41) is 3.52. The van der Waals surface area contributed by atoms with E-state index in [0.717, 1.165) is 0 Å². The minimum Gasteiger partial charge on any atom is -0.309 e. The zero-order chi connectivity index (χ0) is 15.7. The van der Waals surface area contributed by atoms with Crippen molar-refractivity contribution >= 4 is 0 Å². The molecule has 0 bridgehead atoms. The van der Waals surface area contributed by atoms with Crippen molar-refractivity contribution < 1.29 is 0 Å². The van der Waals surface area contributed by atoms with Gasteiger partial charge in [-0.2, -0.15) is 0 Å². The van der Waals surface area contributed by atoms with Crippen molar-refractivity contribution in [2.45, 2.75) is 47.6 Å². The fraction of sp³-hybridized carbons (Fsp3) is 0.400. The Hall–Kier alpha value is -1.60. The van der Waals surface area contributed by atoms with Crippen LogP contribution in [-0.4, -0.2) is 7.05 Å². The first-order valence-corrected chi connectivity index (χ1v) is 7.68. The predicted octanol–water partition coefficient (Wildman–Crippen LogP) is 4.85. The van der Waals surface area contributed by atoms with Crippen LogP contribution >= 0.6 is 0 Å². The summed E-state index contributed by atoms with van der Waals surface area (Å²) in [7, 11) is 2.05. The van der Waals surface area contributed by atoms with E-state index in [1.165, 1.54) is 44.5 Å². The highest BCUT2D eigenvalue weighted by Crippen LogP contribution is 2.31. The molecule has 1 N–H and O–H groups in total. The van der Waals surface area contributed by atoms with Gasteiger partial charge in [-0.3, -0.25) is 0 Å². The second-order valence-corrected chi connectivity index (χ2v) is 6.33. The third-order valence-electron chi connectivity index (χ3n) is 4.51. The molecule has 0 aliphatic rings. The molecule has 0 aliphatic heterocycles. The van der Waals surface area contributed by atoms with E-state index in [2.05, 4.69) is 78.2 Å². The lowest BCUT2D eigenvalue weighted by Gasteiger charge is -2.25. The highest BCUT2D eigenvalue weighted by Gasteiger charge is 2.19. The summed E-state index contributed by atoms with van der Waals surface area (Å²) in [6.07, 6.45) is 0. The average molecular weight is 281 g/mol. The molecule has 0 aromatic heterocycles. The Bertz CT molecular complexity index is 645. The van der Waals surface area contributed by atoms with E-state index in [1.54, 1.807) is 0 Å². The van der Waals surface area contributed by atoms with Gasteiger partial charge in [0.25, 0.3) is 0 Å². The molecule has 0 saturated heterocycles. The lowest BCUT2D eigenvalue weighted by Crippen LogP contribution is -2.21. The Kier molecular flexibility index (Phi) is 4.53. The smallest absolute Gasteiger partial charge is 0.0582 e. The summed E-state index contributed by atoms with van der Waals surface area (Å²) in [5.74, 6) is 0. The first-order valence-electron chi connectivity index (χ1n) is 7.68. The van der Waals surface area contributed by atoms with Gasteiger partial charge in [-0.1, -0.05) is 29.8 Å². The van der Waals surface area contributed by atoms with Gasteiger partial charge in [0.15, 0.2) is 0 Å². The monoisotopic (exact) mass is 281 g/mol. The topological polar surface area (TPSA) is 12.0 Å². The Morgan fingerprint density at radius 3 is 1.71 bits per heavy atom. The summed E-state index contributed by atoms with van der Waals surface area (Å²) in [6.45, 7) is 13.2. The fourth-order valence-electron chi connectivity index (χ4n) is 3.40. The molecule has 0 amide bonds. The first-order chi connectivity index (χ1) is 9.85. The highest BCUT2D eigenvalue weighted by molar-refractivity contribution is 5.48. The van der Waals surface area contributed by atoms with Crippen LogP contribution in [0.15, 0.2) is 24.3 Å². The van der Waals surface area contributed by atoms with Gasteiger partial charge < -0.3 is 5.32 Å². The molecule has 1 heteroatoms. The van der Waals surface area contributed by atoms with E-state index >= 15 is 0 Å². The van der Waals surface area contributed by atoms with E-state index in [4.69, 9.17) is 0 Å². The highest BCUT2D eigenvalue weighted by atomic mass is 14.9. The third-order valence-corrected chi connectivity index (χ3v) is 4.51. The van der Waals surface area contributed by atoms with Crippen molar-refractivity contribution in [1.82, 2.24) is 5.32 Å². The number of rotatable bonds is 3. The lowest BCUT2D eigenvalue weighted by atomic mass is 9.87. The molecule has 1 unspecified atom stereocenters. The molecule has 0 aliphatic carbocycles. The van der Waals surface area contributed by atoms with Crippen LogP contribution in [0.2, 0.25) is 0 Å². The Balaban J connectivity index is 2.63. The molecule has 1 atom stereocenters. The van der Waals surface area contributed by atoms with Crippen LogP contribution in [0.5, 0.6) is 0 Å². The van der Waals surface area contributed by atoms with Crippen LogP contribution in [0.4, 0.5) is 0 Å². The number of hydrogen-bond acceptors (Lipinski definition) is 1. The number of hydrogen-bond donors (Lipinski definition) is 1. The van der Waals surface area contributed by atoms with E-state index in [-0.39, 0.29) is 6.04 Å². The van der Waals surface area contributed by atoms with Gasteiger partial charge in [-0.15, -0.1) is 0 Å². The fourth-order valence-corrected chi connectivity index (χ4v) is 3.40. The maximum absolute atomic E-state index is 3.52. The van der Waals surface area contributed by atoms with Crippen LogP contribution in [0, 0.1) is 41.5 Å². The number of benzene rings is 2. The van der Waals surface area contributed by atoms with Crippen molar-refractivity contribution in [3.8, 4) is 0 Å². The predicted molar refractivity (Wildman–Crippen MR) is 92.2 cm³/mol. The van der Waals surface area contributed by atoms with Crippen LogP contribution < -0.4 is 5.32 Å². The van der Waals surface area contributed by atoms with Gasteiger partial charge in [-0.25, -0.2) is 0 Å². The lowest BCUT2D eigenvalue weighted by molar-refractivity contribution is 0.678. The summed E-state index contributed by atoms with van der Waals surface area (Å²) >= 11 is 0. The Labute approximate surface area is 129 Å². The number of nitrogens with one attached hydrogen (secondary N) is 1. The molecule has 0 radical (unpaired) electrons. The first kappa shape index (κ1) is 15.8. The van der Waals surface area contributed by atoms with Gasteiger partial charge in [0.2, 0.25) is 0 Å². The van der Waals surface area contributed by atoms with Crippen LogP contribution in [0.25, 0.3) is 0 Å². The molecule has 0 fully saturated rings. The zero-order valence-corrected chi connectivity index (χ0v) is 14.4.